The molecule has 0 unspecified atom stereocenters. The van der Waals surface area contributed by atoms with Crippen molar-refractivity contribution in [2.45, 2.75) is 6.54 Å². The van der Waals surface area contributed by atoms with E-state index in [1.165, 1.54) is 12.3 Å². The number of aromatic nitrogens is 1. The molecular formula is C6H6ClFN2. The molecule has 0 saturated heterocycles. The second-order valence-electron chi connectivity index (χ2n) is 1.80. The van der Waals surface area contributed by atoms with Gasteiger partial charge in [-0.15, -0.1) is 0 Å². The molecule has 2 N–H and O–H groups in total. The Bertz CT molecular complexity index is 239. The predicted octanol–water partition coefficient (Wildman–Crippen LogP) is 1.33. The molecule has 0 spiro atoms. The van der Waals surface area contributed by atoms with Gasteiger partial charge in [0.15, 0.2) is 0 Å². The molecule has 0 saturated carbocycles. The molecule has 0 bridgehead atoms. The Morgan fingerprint density at radius 1 is 1.70 bits per heavy atom. The first-order valence-electron chi connectivity index (χ1n) is 2.74. The van der Waals surface area contributed by atoms with Gasteiger partial charge < -0.3 is 5.73 Å². The van der Waals surface area contributed by atoms with Crippen LogP contribution in [-0.4, -0.2) is 4.98 Å². The first kappa shape index (κ1) is 7.44. The molecule has 1 heterocycles. The van der Waals surface area contributed by atoms with Gasteiger partial charge >= 0.3 is 0 Å². The van der Waals surface area contributed by atoms with Crippen molar-refractivity contribution in [2.24, 2.45) is 5.73 Å². The lowest BCUT2D eigenvalue weighted by molar-refractivity contribution is 0.581. The van der Waals surface area contributed by atoms with Gasteiger partial charge in [0.05, 0.1) is 5.02 Å². The van der Waals surface area contributed by atoms with Crippen molar-refractivity contribution < 1.29 is 4.39 Å². The molecule has 0 aliphatic rings. The second-order valence-corrected chi connectivity index (χ2v) is 2.21. The van der Waals surface area contributed by atoms with Crippen molar-refractivity contribution in [1.29, 1.82) is 0 Å². The summed E-state index contributed by atoms with van der Waals surface area (Å²) in [4.78, 5) is 3.33. The third-order valence-electron chi connectivity index (χ3n) is 1.12. The van der Waals surface area contributed by atoms with E-state index in [-0.39, 0.29) is 6.54 Å². The fourth-order valence-corrected chi connectivity index (χ4v) is 0.788. The summed E-state index contributed by atoms with van der Waals surface area (Å²) in [5.74, 6) is -0.551. The number of halogens is 2. The van der Waals surface area contributed by atoms with E-state index in [1.54, 1.807) is 0 Å². The van der Waals surface area contributed by atoms with Gasteiger partial charge in [0.25, 0.3) is 0 Å². The molecular weight excluding hydrogens is 155 g/mol. The molecule has 1 rings (SSSR count). The molecule has 0 aromatic carbocycles. The number of hydrogen-bond donors (Lipinski definition) is 1. The van der Waals surface area contributed by atoms with Crippen LogP contribution in [0.5, 0.6) is 0 Å². The lowest BCUT2D eigenvalue weighted by Gasteiger charge is -1.97. The van der Waals surface area contributed by atoms with Gasteiger partial charge in [-0.25, -0.2) is 4.98 Å². The van der Waals surface area contributed by atoms with Gasteiger partial charge in [0, 0.05) is 12.7 Å². The number of nitrogens with two attached hydrogens (primary N) is 1. The number of nitrogens with zero attached hydrogens (tertiary/aromatic N) is 1. The zero-order chi connectivity index (χ0) is 7.56. The van der Waals surface area contributed by atoms with Crippen molar-refractivity contribution in [3.05, 3.63) is 28.8 Å². The molecule has 0 aliphatic carbocycles. The average molecular weight is 161 g/mol. The van der Waals surface area contributed by atoms with Gasteiger partial charge in [-0.05, 0) is 11.6 Å². The van der Waals surface area contributed by atoms with Crippen LogP contribution in [0.4, 0.5) is 4.39 Å². The minimum atomic E-state index is -0.551. The third kappa shape index (κ3) is 1.43. The maximum Gasteiger partial charge on any atom is 0.213 e. The highest BCUT2D eigenvalue weighted by Crippen LogP contribution is 2.13. The maximum absolute atomic E-state index is 12.3. The van der Waals surface area contributed by atoms with E-state index in [9.17, 15) is 4.39 Å². The van der Waals surface area contributed by atoms with E-state index in [0.717, 1.165) is 0 Å². The smallest absolute Gasteiger partial charge is 0.213 e. The predicted molar refractivity (Wildman–Crippen MR) is 37.1 cm³/mol. The van der Waals surface area contributed by atoms with Gasteiger partial charge in [-0.2, -0.15) is 4.39 Å². The first-order valence-corrected chi connectivity index (χ1v) is 3.12. The summed E-state index contributed by atoms with van der Waals surface area (Å²) in [5.41, 5.74) is 5.82. The molecule has 2 nitrogen and oxygen atoms in total. The van der Waals surface area contributed by atoms with E-state index in [0.29, 0.717) is 10.6 Å². The fraction of sp³-hybridized carbons (Fsp3) is 0.167. The van der Waals surface area contributed by atoms with E-state index in [4.69, 9.17) is 17.3 Å². The van der Waals surface area contributed by atoms with Crippen LogP contribution in [0.3, 0.4) is 0 Å². The van der Waals surface area contributed by atoms with Crippen molar-refractivity contribution in [3.63, 3.8) is 0 Å². The highest BCUT2D eigenvalue weighted by molar-refractivity contribution is 6.31. The van der Waals surface area contributed by atoms with Gasteiger partial charge in [0.1, 0.15) is 0 Å². The molecule has 54 valence electrons. The van der Waals surface area contributed by atoms with Crippen LogP contribution in [-0.2, 0) is 6.54 Å². The van der Waals surface area contributed by atoms with Crippen molar-refractivity contribution in [1.82, 2.24) is 4.98 Å². The van der Waals surface area contributed by atoms with Crippen molar-refractivity contribution in [2.75, 3.05) is 0 Å². The number of pyridine rings is 1. The van der Waals surface area contributed by atoms with Crippen molar-refractivity contribution >= 4 is 11.6 Å². The summed E-state index contributed by atoms with van der Waals surface area (Å²) < 4.78 is 12.3. The molecule has 0 atom stereocenters. The highest BCUT2D eigenvalue weighted by Gasteiger charge is 1.99. The first-order chi connectivity index (χ1) is 4.74. The minimum absolute atomic E-state index is 0.234. The zero-order valence-corrected chi connectivity index (χ0v) is 5.90. The lowest BCUT2D eigenvalue weighted by atomic mass is 10.3. The summed E-state index contributed by atoms with van der Waals surface area (Å²) in [6.45, 7) is 0.234. The molecule has 10 heavy (non-hydrogen) atoms. The Kier molecular flexibility index (Phi) is 2.19. The Morgan fingerprint density at radius 3 is 2.90 bits per heavy atom. The van der Waals surface area contributed by atoms with Gasteiger partial charge in [0.2, 0.25) is 5.95 Å². The van der Waals surface area contributed by atoms with Crippen LogP contribution in [0.1, 0.15) is 5.56 Å². The van der Waals surface area contributed by atoms with Crippen LogP contribution in [0, 0.1) is 5.95 Å². The topological polar surface area (TPSA) is 38.9 Å². The Morgan fingerprint density at radius 2 is 2.40 bits per heavy atom. The van der Waals surface area contributed by atoms with E-state index >= 15 is 0 Å². The Labute approximate surface area is 62.8 Å². The summed E-state index contributed by atoms with van der Waals surface area (Å²) in [7, 11) is 0. The van der Waals surface area contributed by atoms with Gasteiger partial charge in [-0.3, -0.25) is 0 Å². The van der Waals surface area contributed by atoms with Crippen LogP contribution >= 0.6 is 11.6 Å². The maximum atomic E-state index is 12.3. The van der Waals surface area contributed by atoms with Crippen molar-refractivity contribution in [3.8, 4) is 0 Å². The molecule has 0 radical (unpaired) electrons. The van der Waals surface area contributed by atoms with E-state index in [2.05, 4.69) is 4.98 Å². The zero-order valence-electron chi connectivity index (χ0n) is 5.14. The monoisotopic (exact) mass is 160 g/mol. The van der Waals surface area contributed by atoms with Crippen LogP contribution < -0.4 is 5.73 Å². The van der Waals surface area contributed by atoms with Gasteiger partial charge in [-0.1, -0.05) is 11.6 Å². The Balaban J connectivity index is 3.09. The normalized spacial score (nSPS) is 9.90. The molecule has 1 aromatic rings. The minimum Gasteiger partial charge on any atom is -0.326 e. The van der Waals surface area contributed by atoms with Crippen LogP contribution in [0.15, 0.2) is 12.3 Å². The molecule has 0 aliphatic heterocycles. The largest absolute Gasteiger partial charge is 0.326 e. The fourth-order valence-electron chi connectivity index (χ4n) is 0.608. The highest BCUT2D eigenvalue weighted by atomic mass is 35.5. The molecule has 0 amide bonds. The quantitative estimate of drug-likeness (QED) is 0.630. The SMILES string of the molecule is NCc1cc(F)ncc1Cl. The molecule has 4 heteroatoms. The summed E-state index contributed by atoms with van der Waals surface area (Å²) >= 11 is 5.59. The second kappa shape index (κ2) is 2.94. The number of rotatable bonds is 1. The molecule has 1 aromatic heterocycles. The Hall–Kier alpha value is -0.670. The number of hydrogen-bond acceptors (Lipinski definition) is 2. The van der Waals surface area contributed by atoms with E-state index < -0.39 is 5.95 Å². The summed E-state index contributed by atoms with van der Waals surface area (Å²) in [6, 6.07) is 1.22. The molecule has 0 fully saturated rings. The van der Waals surface area contributed by atoms with E-state index in [1.807, 2.05) is 0 Å². The lowest BCUT2D eigenvalue weighted by Crippen LogP contribution is -1.98. The summed E-state index contributed by atoms with van der Waals surface area (Å²) in [5, 5.41) is 0.406. The van der Waals surface area contributed by atoms with Crippen LogP contribution in [0.2, 0.25) is 5.02 Å². The summed E-state index contributed by atoms with van der Waals surface area (Å²) in [6.07, 6.45) is 1.25. The van der Waals surface area contributed by atoms with Crippen LogP contribution in [0.25, 0.3) is 0 Å². The average Bonchev–Trinajstić information content (AvgIpc) is 1.94. The third-order valence-corrected chi connectivity index (χ3v) is 1.46. The standard InChI is InChI=1S/C6H6ClFN2/c7-5-3-10-6(8)1-4(5)2-9/h1,3H,2,9H2.